The number of para-hydroxylation sites is 1. The van der Waals surface area contributed by atoms with Crippen LogP contribution in [-0.4, -0.2) is 16.6 Å². The molecule has 0 spiro atoms. The Morgan fingerprint density at radius 2 is 2.27 bits per heavy atom. The zero-order chi connectivity index (χ0) is 18.1. The number of aromatic nitrogens is 1. The molecule has 0 radical (unpaired) electrons. The second-order valence-electron chi connectivity index (χ2n) is 6.45. The van der Waals surface area contributed by atoms with Crippen LogP contribution in [0.4, 0.5) is 5.00 Å². The van der Waals surface area contributed by atoms with E-state index in [1.54, 1.807) is 22.7 Å². The Kier molecular flexibility index (Phi) is 4.98. The summed E-state index contributed by atoms with van der Waals surface area (Å²) < 4.78 is 2.02. The van der Waals surface area contributed by atoms with Crippen LogP contribution in [0.5, 0.6) is 0 Å². The number of thiazole rings is 1. The Morgan fingerprint density at radius 3 is 3.08 bits per heavy atom. The van der Waals surface area contributed by atoms with Gasteiger partial charge in [0, 0.05) is 4.88 Å². The summed E-state index contributed by atoms with van der Waals surface area (Å²) in [5, 5.41) is 13.2. The fraction of sp³-hybridized carbons (Fsp3) is 0.316. The molecule has 0 bridgehead atoms. The van der Waals surface area contributed by atoms with Gasteiger partial charge in [-0.1, -0.05) is 30.8 Å². The summed E-state index contributed by atoms with van der Waals surface area (Å²) in [6.07, 6.45) is 3.05. The van der Waals surface area contributed by atoms with Crippen LogP contribution in [0.2, 0.25) is 0 Å². The molecule has 0 fully saturated rings. The van der Waals surface area contributed by atoms with E-state index >= 15 is 0 Å². The zero-order valence-electron chi connectivity index (χ0n) is 14.2. The largest absolute Gasteiger partial charge is 0.316 e. The molecule has 0 aliphatic heterocycles. The normalized spacial score (nSPS) is 16.2. The first-order valence-corrected chi connectivity index (χ1v) is 11.1. The van der Waals surface area contributed by atoms with Gasteiger partial charge in [-0.25, -0.2) is 4.98 Å². The summed E-state index contributed by atoms with van der Waals surface area (Å²) in [6, 6.07) is 10.3. The number of carbonyl (C=O) groups excluding carboxylic acids is 1. The number of hydrogen-bond donors (Lipinski definition) is 1. The Bertz CT molecular complexity index is 982. The molecule has 26 heavy (non-hydrogen) atoms. The summed E-state index contributed by atoms with van der Waals surface area (Å²) in [4.78, 5) is 18.2. The van der Waals surface area contributed by atoms with E-state index in [-0.39, 0.29) is 5.91 Å². The highest BCUT2D eigenvalue weighted by molar-refractivity contribution is 8.01. The molecule has 1 aromatic carbocycles. The minimum absolute atomic E-state index is 0.0857. The maximum atomic E-state index is 12.4. The molecule has 1 N–H and O–H groups in total. The number of anilines is 1. The number of thioether (sulfide) groups is 1. The van der Waals surface area contributed by atoms with Crippen molar-refractivity contribution in [2.24, 2.45) is 5.92 Å². The van der Waals surface area contributed by atoms with Gasteiger partial charge in [-0.05, 0) is 42.9 Å². The molecule has 1 aliphatic carbocycles. The summed E-state index contributed by atoms with van der Waals surface area (Å²) in [5.74, 6) is 0.854. The van der Waals surface area contributed by atoms with Gasteiger partial charge in [0.1, 0.15) is 11.1 Å². The highest BCUT2D eigenvalue weighted by Crippen LogP contribution is 2.39. The zero-order valence-corrected chi connectivity index (χ0v) is 16.7. The third-order valence-electron chi connectivity index (χ3n) is 4.48. The lowest BCUT2D eigenvalue weighted by atomic mass is 9.89. The SMILES string of the molecule is C[C@H]1CCc2c(sc(NC(=O)CSc3nc4ccccc4s3)c2C#N)C1. The third-order valence-corrected chi connectivity index (χ3v) is 7.83. The number of benzene rings is 1. The summed E-state index contributed by atoms with van der Waals surface area (Å²) >= 11 is 4.60. The topological polar surface area (TPSA) is 65.8 Å². The number of fused-ring (bicyclic) bond motifs is 2. The Hall–Kier alpha value is -1.88. The maximum absolute atomic E-state index is 12.4. The molecule has 4 nitrogen and oxygen atoms in total. The number of hydrogen-bond acceptors (Lipinski definition) is 6. The number of rotatable bonds is 4. The van der Waals surface area contributed by atoms with E-state index in [9.17, 15) is 10.1 Å². The summed E-state index contributed by atoms with van der Waals surface area (Å²) in [6.45, 7) is 2.24. The van der Waals surface area contributed by atoms with E-state index in [4.69, 9.17) is 0 Å². The lowest BCUT2D eigenvalue weighted by molar-refractivity contribution is -0.113. The van der Waals surface area contributed by atoms with Gasteiger partial charge in [0.05, 0.1) is 21.5 Å². The summed E-state index contributed by atoms with van der Waals surface area (Å²) in [5.41, 5.74) is 2.77. The monoisotopic (exact) mass is 399 g/mol. The molecular weight excluding hydrogens is 382 g/mol. The maximum Gasteiger partial charge on any atom is 0.235 e. The van der Waals surface area contributed by atoms with Crippen molar-refractivity contribution < 1.29 is 4.79 Å². The van der Waals surface area contributed by atoms with Crippen molar-refractivity contribution in [1.29, 1.82) is 5.26 Å². The summed E-state index contributed by atoms with van der Waals surface area (Å²) in [7, 11) is 0. The molecule has 2 heterocycles. The first kappa shape index (κ1) is 17.5. The predicted octanol–water partition coefficient (Wildman–Crippen LogP) is 5.09. The molecule has 0 saturated carbocycles. The number of nitrogens with zero attached hydrogens (tertiary/aromatic N) is 2. The molecule has 4 rings (SSSR count). The van der Waals surface area contributed by atoms with Gasteiger partial charge in [0.2, 0.25) is 5.91 Å². The number of nitrogens with one attached hydrogen (secondary N) is 1. The van der Waals surface area contributed by atoms with Gasteiger partial charge in [0.15, 0.2) is 4.34 Å². The molecule has 2 aromatic heterocycles. The van der Waals surface area contributed by atoms with Crippen molar-refractivity contribution in [2.75, 3.05) is 11.1 Å². The smallest absolute Gasteiger partial charge is 0.235 e. The lowest BCUT2D eigenvalue weighted by Gasteiger charge is -2.17. The second-order valence-corrected chi connectivity index (χ2v) is 9.81. The number of nitriles is 1. The van der Waals surface area contributed by atoms with Crippen LogP contribution in [0.3, 0.4) is 0 Å². The quantitative estimate of drug-likeness (QED) is 0.621. The van der Waals surface area contributed by atoms with Gasteiger partial charge >= 0.3 is 0 Å². The molecule has 7 heteroatoms. The molecule has 1 aliphatic rings. The lowest BCUT2D eigenvalue weighted by Crippen LogP contribution is -2.14. The van der Waals surface area contributed by atoms with Crippen LogP contribution < -0.4 is 5.32 Å². The second kappa shape index (κ2) is 7.39. The van der Waals surface area contributed by atoms with Crippen LogP contribution in [-0.2, 0) is 17.6 Å². The van der Waals surface area contributed by atoms with E-state index in [1.807, 2.05) is 24.3 Å². The Labute approximate surface area is 164 Å². The molecule has 0 unspecified atom stereocenters. The molecule has 1 amide bonds. The number of amides is 1. The molecule has 132 valence electrons. The van der Waals surface area contributed by atoms with Gasteiger partial charge < -0.3 is 5.32 Å². The van der Waals surface area contributed by atoms with Crippen molar-refractivity contribution in [1.82, 2.24) is 4.98 Å². The van der Waals surface area contributed by atoms with Crippen LogP contribution >= 0.6 is 34.4 Å². The standard InChI is InChI=1S/C19H17N3OS3/c1-11-6-7-12-13(9-20)18(25-16(12)8-11)22-17(23)10-24-19-21-14-4-2-3-5-15(14)26-19/h2-5,11H,6-8,10H2,1H3,(H,22,23)/t11-/m0/s1. The fourth-order valence-corrected chi connectivity index (χ4v) is 6.41. The first-order valence-electron chi connectivity index (χ1n) is 8.47. The highest BCUT2D eigenvalue weighted by atomic mass is 32.2. The minimum Gasteiger partial charge on any atom is -0.316 e. The molecular formula is C19H17N3OS3. The van der Waals surface area contributed by atoms with Crippen LogP contribution in [0, 0.1) is 17.2 Å². The van der Waals surface area contributed by atoms with Gasteiger partial charge in [-0.3, -0.25) is 4.79 Å². The van der Waals surface area contributed by atoms with Crippen molar-refractivity contribution in [3.8, 4) is 6.07 Å². The molecule has 3 aromatic rings. The third kappa shape index (κ3) is 3.50. The van der Waals surface area contributed by atoms with Crippen molar-refractivity contribution in [3.63, 3.8) is 0 Å². The predicted molar refractivity (Wildman–Crippen MR) is 109 cm³/mol. The van der Waals surface area contributed by atoms with E-state index in [1.165, 1.54) is 16.6 Å². The molecule has 1 atom stereocenters. The number of thiophene rings is 1. The van der Waals surface area contributed by atoms with Crippen LogP contribution in [0.25, 0.3) is 10.2 Å². The van der Waals surface area contributed by atoms with Crippen molar-refractivity contribution in [2.45, 2.75) is 30.5 Å². The van der Waals surface area contributed by atoms with E-state index in [0.717, 1.165) is 39.4 Å². The van der Waals surface area contributed by atoms with Gasteiger partial charge in [0.25, 0.3) is 0 Å². The van der Waals surface area contributed by atoms with Crippen molar-refractivity contribution >= 4 is 55.6 Å². The Balaban J connectivity index is 1.44. The first-order chi connectivity index (χ1) is 12.6. The highest BCUT2D eigenvalue weighted by Gasteiger charge is 2.24. The van der Waals surface area contributed by atoms with Gasteiger partial charge in [-0.15, -0.1) is 22.7 Å². The van der Waals surface area contributed by atoms with Crippen LogP contribution in [0.15, 0.2) is 28.6 Å². The molecule has 0 saturated heterocycles. The minimum atomic E-state index is -0.0857. The van der Waals surface area contributed by atoms with Crippen LogP contribution in [0.1, 0.15) is 29.3 Å². The average Bonchev–Trinajstić information content (AvgIpc) is 3.19. The van der Waals surface area contributed by atoms with E-state index in [2.05, 4.69) is 23.3 Å². The van der Waals surface area contributed by atoms with Gasteiger partial charge in [-0.2, -0.15) is 5.26 Å². The Morgan fingerprint density at radius 1 is 1.42 bits per heavy atom. The van der Waals surface area contributed by atoms with E-state index < -0.39 is 0 Å². The average molecular weight is 400 g/mol. The fourth-order valence-electron chi connectivity index (χ4n) is 3.16. The van der Waals surface area contributed by atoms with E-state index in [0.29, 0.717) is 22.2 Å². The van der Waals surface area contributed by atoms with Crippen molar-refractivity contribution in [3.05, 3.63) is 40.3 Å². The number of carbonyl (C=O) groups is 1.